The van der Waals surface area contributed by atoms with Crippen LogP contribution in [-0.4, -0.2) is 29.7 Å². The zero-order valence-corrected chi connectivity index (χ0v) is 14.1. The summed E-state index contributed by atoms with van der Waals surface area (Å²) < 4.78 is 5.51. The highest BCUT2D eigenvalue weighted by Crippen LogP contribution is 2.45. The van der Waals surface area contributed by atoms with Crippen molar-refractivity contribution in [2.75, 3.05) is 6.61 Å². The largest absolute Gasteiger partial charge is 0.480 e. The summed E-state index contributed by atoms with van der Waals surface area (Å²) in [4.78, 5) is 24.3. The van der Waals surface area contributed by atoms with E-state index in [1.165, 1.54) is 6.08 Å². The summed E-state index contributed by atoms with van der Waals surface area (Å²) >= 11 is 0. The summed E-state index contributed by atoms with van der Waals surface area (Å²) in [6.07, 6.45) is 2.94. The number of esters is 1. The molecule has 2 atom stereocenters. The average molecular weight is 349 g/mol. The number of rotatable bonds is 4. The number of ether oxygens (including phenoxy) is 1. The van der Waals surface area contributed by atoms with E-state index in [0.717, 1.165) is 22.3 Å². The van der Waals surface area contributed by atoms with E-state index in [2.05, 4.69) is 0 Å². The molecule has 3 N–H and O–H groups in total. The number of carboxylic acids is 1. The molecule has 0 fully saturated rings. The predicted octanol–water partition coefficient (Wildman–Crippen LogP) is 2.70. The summed E-state index contributed by atoms with van der Waals surface area (Å²) in [6.45, 7) is 0.102. The summed E-state index contributed by atoms with van der Waals surface area (Å²) in [5.74, 6) is -2.08. The van der Waals surface area contributed by atoms with Gasteiger partial charge < -0.3 is 15.6 Å². The molecule has 0 heterocycles. The summed E-state index contributed by atoms with van der Waals surface area (Å²) in [7, 11) is 0. The third kappa shape index (κ3) is 2.44. The van der Waals surface area contributed by atoms with Gasteiger partial charge in [-0.3, -0.25) is 9.59 Å². The fourth-order valence-electron chi connectivity index (χ4n) is 3.92. The van der Waals surface area contributed by atoms with Crippen molar-refractivity contribution in [3.05, 3.63) is 71.8 Å². The van der Waals surface area contributed by atoms with Gasteiger partial charge in [0.15, 0.2) is 5.41 Å². The number of carbonyl (C=O) groups is 2. The number of hydrogen-bond donors (Lipinski definition) is 2. The fourth-order valence-corrected chi connectivity index (χ4v) is 3.92. The maximum absolute atomic E-state index is 12.6. The van der Waals surface area contributed by atoms with Crippen LogP contribution in [0, 0.1) is 5.41 Å². The molecule has 2 aromatic rings. The fraction of sp³-hybridized carbons (Fsp3) is 0.238. The van der Waals surface area contributed by atoms with Crippen molar-refractivity contribution >= 4 is 11.9 Å². The molecule has 0 aromatic heterocycles. The average Bonchev–Trinajstić information content (AvgIpc) is 3.19. The van der Waals surface area contributed by atoms with Gasteiger partial charge in [-0.2, -0.15) is 0 Å². The SMILES string of the molecule is N[C@H]1C=C[C@@](C(=O)O)(C(=O)OCC2c3ccccc3-c3ccccc32)C1. The van der Waals surface area contributed by atoms with Crippen molar-refractivity contribution in [2.24, 2.45) is 11.1 Å². The van der Waals surface area contributed by atoms with Crippen LogP contribution < -0.4 is 5.73 Å². The molecule has 0 saturated heterocycles. The second kappa shape index (κ2) is 6.11. The van der Waals surface area contributed by atoms with Gasteiger partial charge in [0.05, 0.1) is 0 Å². The second-order valence-corrected chi connectivity index (χ2v) is 6.83. The van der Waals surface area contributed by atoms with E-state index in [4.69, 9.17) is 10.5 Å². The van der Waals surface area contributed by atoms with Crippen LogP contribution in [-0.2, 0) is 14.3 Å². The lowest BCUT2D eigenvalue weighted by atomic mass is 9.87. The molecule has 0 amide bonds. The van der Waals surface area contributed by atoms with E-state index in [-0.39, 0.29) is 18.9 Å². The normalized spacial score (nSPS) is 23.5. The van der Waals surface area contributed by atoms with Gasteiger partial charge in [-0.05, 0) is 28.7 Å². The third-order valence-corrected chi connectivity index (χ3v) is 5.28. The summed E-state index contributed by atoms with van der Waals surface area (Å²) in [6, 6.07) is 15.6. The summed E-state index contributed by atoms with van der Waals surface area (Å²) in [5, 5.41) is 9.55. The van der Waals surface area contributed by atoms with E-state index in [1.54, 1.807) is 6.08 Å². The molecule has 2 aliphatic rings. The van der Waals surface area contributed by atoms with Crippen molar-refractivity contribution in [3.63, 3.8) is 0 Å². The van der Waals surface area contributed by atoms with Crippen LogP contribution in [0.3, 0.4) is 0 Å². The van der Waals surface area contributed by atoms with Crippen molar-refractivity contribution in [2.45, 2.75) is 18.4 Å². The maximum atomic E-state index is 12.6. The minimum atomic E-state index is -1.68. The number of fused-ring (bicyclic) bond motifs is 3. The Labute approximate surface area is 151 Å². The zero-order chi connectivity index (χ0) is 18.3. The van der Waals surface area contributed by atoms with Crippen LogP contribution in [0.4, 0.5) is 0 Å². The van der Waals surface area contributed by atoms with Gasteiger partial charge >= 0.3 is 11.9 Å². The second-order valence-electron chi connectivity index (χ2n) is 6.83. The van der Waals surface area contributed by atoms with E-state index in [1.807, 2.05) is 48.5 Å². The Balaban J connectivity index is 1.60. The van der Waals surface area contributed by atoms with Crippen LogP contribution in [0.15, 0.2) is 60.7 Å². The molecule has 0 aliphatic heterocycles. The monoisotopic (exact) mass is 349 g/mol. The first-order chi connectivity index (χ1) is 12.5. The lowest BCUT2D eigenvalue weighted by molar-refractivity contribution is -0.165. The molecular formula is C21H19NO4. The minimum Gasteiger partial charge on any atom is -0.480 e. The third-order valence-electron chi connectivity index (χ3n) is 5.28. The van der Waals surface area contributed by atoms with Crippen molar-refractivity contribution in [3.8, 4) is 11.1 Å². The van der Waals surface area contributed by atoms with Crippen LogP contribution in [0.2, 0.25) is 0 Å². The topological polar surface area (TPSA) is 89.6 Å². The molecule has 0 spiro atoms. The van der Waals surface area contributed by atoms with Crippen molar-refractivity contribution in [1.29, 1.82) is 0 Å². The van der Waals surface area contributed by atoms with Crippen LogP contribution in [0.1, 0.15) is 23.5 Å². The maximum Gasteiger partial charge on any atom is 0.327 e. The molecule has 5 heteroatoms. The van der Waals surface area contributed by atoms with Crippen molar-refractivity contribution in [1.82, 2.24) is 0 Å². The Hall–Kier alpha value is -2.92. The van der Waals surface area contributed by atoms with Gasteiger partial charge in [0.1, 0.15) is 6.61 Å². The molecule has 2 aromatic carbocycles. The first-order valence-corrected chi connectivity index (χ1v) is 8.57. The van der Waals surface area contributed by atoms with Gasteiger partial charge in [-0.15, -0.1) is 0 Å². The number of carbonyl (C=O) groups excluding carboxylic acids is 1. The first kappa shape index (κ1) is 16.5. The van der Waals surface area contributed by atoms with Crippen LogP contribution in [0.5, 0.6) is 0 Å². The highest BCUT2D eigenvalue weighted by Gasteiger charge is 2.49. The number of benzene rings is 2. The van der Waals surface area contributed by atoms with E-state index in [0.29, 0.717) is 0 Å². The molecule has 0 saturated carbocycles. The molecule has 26 heavy (non-hydrogen) atoms. The van der Waals surface area contributed by atoms with Gasteiger partial charge in [0.2, 0.25) is 0 Å². The van der Waals surface area contributed by atoms with Crippen molar-refractivity contribution < 1.29 is 19.4 Å². The molecule has 132 valence electrons. The Kier molecular flexibility index (Phi) is 3.89. The number of aliphatic carboxylic acids is 1. The lowest BCUT2D eigenvalue weighted by Gasteiger charge is -2.23. The first-order valence-electron chi connectivity index (χ1n) is 8.57. The predicted molar refractivity (Wildman–Crippen MR) is 96.5 cm³/mol. The van der Waals surface area contributed by atoms with Crippen LogP contribution in [0.25, 0.3) is 11.1 Å². The van der Waals surface area contributed by atoms with Gasteiger partial charge in [-0.1, -0.05) is 60.7 Å². The van der Waals surface area contributed by atoms with Gasteiger partial charge in [-0.25, -0.2) is 0 Å². The highest BCUT2D eigenvalue weighted by atomic mass is 16.5. The van der Waals surface area contributed by atoms with E-state index in [9.17, 15) is 14.7 Å². The number of carboxylic acid groups (broad SMARTS) is 1. The lowest BCUT2D eigenvalue weighted by Crippen LogP contribution is -2.40. The molecule has 0 unspecified atom stereocenters. The van der Waals surface area contributed by atoms with Gasteiger partial charge in [0, 0.05) is 12.0 Å². The molecular weight excluding hydrogens is 330 g/mol. The number of hydrogen-bond acceptors (Lipinski definition) is 4. The molecule has 0 radical (unpaired) electrons. The quantitative estimate of drug-likeness (QED) is 0.503. The molecule has 2 aliphatic carbocycles. The van der Waals surface area contributed by atoms with E-state index < -0.39 is 23.4 Å². The van der Waals surface area contributed by atoms with Gasteiger partial charge in [0.25, 0.3) is 0 Å². The summed E-state index contributed by atoms with van der Waals surface area (Å²) in [5.41, 5.74) is 8.51. The molecule has 5 nitrogen and oxygen atoms in total. The zero-order valence-electron chi connectivity index (χ0n) is 14.1. The standard InChI is InChI=1S/C21H19NO4/c22-13-9-10-21(11-13,19(23)24)20(25)26-12-18-16-7-3-1-5-14(16)15-6-2-4-8-17(15)18/h1-10,13,18H,11-12,22H2,(H,23,24)/t13-,21+/m0/s1. The Morgan fingerprint density at radius 3 is 2.15 bits per heavy atom. The minimum absolute atomic E-state index is 0.0268. The molecule has 4 rings (SSSR count). The van der Waals surface area contributed by atoms with E-state index >= 15 is 0 Å². The number of nitrogens with two attached hydrogens (primary N) is 1. The smallest absolute Gasteiger partial charge is 0.327 e. The Bertz CT molecular complexity index is 874. The Morgan fingerprint density at radius 1 is 1.08 bits per heavy atom. The van der Waals surface area contributed by atoms with Crippen LogP contribution >= 0.6 is 0 Å². The Morgan fingerprint density at radius 2 is 1.65 bits per heavy atom. The molecule has 0 bridgehead atoms. The highest BCUT2D eigenvalue weighted by molar-refractivity contribution is 6.02.